The van der Waals surface area contributed by atoms with Gasteiger partial charge in [-0.15, -0.1) is 0 Å². The lowest BCUT2D eigenvalue weighted by Gasteiger charge is -2.28. The molecular weight excluding hydrogens is 262 g/mol. The molecule has 1 aromatic heterocycles. The summed E-state index contributed by atoms with van der Waals surface area (Å²) in [6.07, 6.45) is 4.38. The van der Waals surface area contributed by atoms with E-state index in [1.165, 1.54) is 0 Å². The lowest BCUT2D eigenvalue weighted by Crippen LogP contribution is -2.33. The molecule has 112 valence electrons. The maximum Gasteiger partial charge on any atom is 0.227 e. The summed E-state index contributed by atoms with van der Waals surface area (Å²) in [4.78, 5) is 11.2. The summed E-state index contributed by atoms with van der Waals surface area (Å²) in [5.74, 6) is 1.67. The second-order valence-electron chi connectivity index (χ2n) is 6.04. The number of hydrogen-bond acceptors (Lipinski definition) is 5. The molecule has 1 aromatic carbocycles. The molecule has 5 heteroatoms. The molecule has 21 heavy (non-hydrogen) atoms. The standard InChI is InChI=1S/C16H23N5/c1-21(2)16-19-14-6-4-3-5-13(14)15(20-16)18-12-9-7-11(17)8-10-12/h3-6,11-12H,7-10,17H2,1-2H3,(H,18,19,20)/t11-,12+. The minimum atomic E-state index is 0.363. The van der Waals surface area contributed by atoms with Crippen LogP contribution in [0.4, 0.5) is 11.8 Å². The third-order valence-corrected chi connectivity index (χ3v) is 4.10. The summed E-state index contributed by atoms with van der Waals surface area (Å²) < 4.78 is 0. The van der Waals surface area contributed by atoms with Gasteiger partial charge in [0.05, 0.1) is 5.52 Å². The van der Waals surface area contributed by atoms with Crippen LogP contribution in [0.3, 0.4) is 0 Å². The van der Waals surface area contributed by atoms with Gasteiger partial charge >= 0.3 is 0 Å². The highest BCUT2D eigenvalue weighted by atomic mass is 15.2. The van der Waals surface area contributed by atoms with Crippen molar-refractivity contribution in [2.75, 3.05) is 24.3 Å². The fraction of sp³-hybridized carbons (Fsp3) is 0.500. The number of rotatable bonds is 3. The molecule has 1 fully saturated rings. The summed E-state index contributed by atoms with van der Waals surface area (Å²) in [6, 6.07) is 8.97. The molecule has 1 aliphatic carbocycles. The quantitative estimate of drug-likeness (QED) is 0.906. The summed E-state index contributed by atoms with van der Waals surface area (Å²) in [5.41, 5.74) is 6.96. The molecule has 0 saturated heterocycles. The molecule has 0 aliphatic heterocycles. The molecule has 3 rings (SSSR count). The third kappa shape index (κ3) is 3.08. The van der Waals surface area contributed by atoms with E-state index in [0.717, 1.165) is 48.4 Å². The van der Waals surface area contributed by atoms with E-state index in [1.54, 1.807) is 0 Å². The van der Waals surface area contributed by atoms with Gasteiger partial charge in [0.2, 0.25) is 5.95 Å². The van der Waals surface area contributed by atoms with E-state index in [-0.39, 0.29) is 0 Å². The molecule has 0 unspecified atom stereocenters. The smallest absolute Gasteiger partial charge is 0.227 e. The van der Waals surface area contributed by atoms with Crippen molar-refractivity contribution in [3.63, 3.8) is 0 Å². The highest BCUT2D eigenvalue weighted by Crippen LogP contribution is 2.26. The minimum absolute atomic E-state index is 0.363. The van der Waals surface area contributed by atoms with Gasteiger partial charge in [0, 0.05) is 31.6 Å². The number of benzene rings is 1. The molecule has 0 radical (unpaired) electrons. The van der Waals surface area contributed by atoms with Crippen molar-refractivity contribution in [3.8, 4) is 0 Å². The van der Waals surface area contributed by atoms with Crippen LogP contribution >= 0.6 is 0 Å². The van der Waals surface area contributed by atoms with E-state index >= 15 is 0 Å². The average Bonchev–Trinajstić information content (AvgIpc) is 2.49. The van der Waals surface area contributed by atoms with Gasteiger partial charge in [-0.3, -0.25) is 0 Å². The third-order valence-electron chi connectivity index (χ3n) is 4.10. The van der Waals surface area contributed by atoms with Gasteiger partial charge < -0.3 is 16.0 Å². The monoisotopic (exact) mass is 285 g/mol. The van der Waals surface area contributed by atoms with Crippen LogP contribution in [0.1, 0.15) is 25.7 Å². The molecule has 0 spiro atoms. The number of nitrogens with one attached hydrogen (secondary N) is 1. The number of nitrogens with zero attached hydrogens (tertiary/aromatic N) is 3. The Morgan fingerprint density at radius 3 is 2.52 bits per heavy atom. The fourth-order valence-electron chi connectivity index (χ4n) is 2.83. The SMILES string of the molecule is CN(C)c1nc(N[C@H]2CC[C@@H](N)CC2)c2ccccc2n1. The Morgan fingerprint density at radius 1 is 1.10 bits per heavy atom. The van der Waals surface area contributed by atoms with E-state index in [0.29, 0.717) is 12.1 Å². The normalized spacial score (nSPS) is 22.2. The first-order valence-corrected chi connectivity index (χ1v) is 7.59. The van der Waals surface area contributed by atoms with Gasteiger partial charge in [-0.2, -0.15) is 4.98 Å². The van der Waals surface area contributed by atoms with Crippen LogP contribution in [0.2, 0.25) is 0 Å². The predicted octanol–water partition coefficient (Wildman–Crippen LogP) is 2.38. The molecule has 1 aliphatic rings. The van der Waals surface area contributed by atoms with Gasteiger partial charge in [0.1, 0.15) is 5.82 Å². The van der Waals surface area contributed by atoms with Crippen molar-refractivity contribution in [3.05, 3.63) is 24.3 Å². The second-order valence-corrected chi connectivity index (χ2v) is 6.04. The Labute approximate surface area is 125 Å². The predicted molar refractivity (Wildman–Crippen MR) is 87.7 cm³/mol. The average molecular weight is 285 g/mol. The van der Waals surface area contributed by atoms with Crippen molar-refractivity contribution in [1.29, 1.82) is 0 Å². The molecule has 3 N–H and O–H groups in total. The van der Waals surface area contributed by atoms with Gasteiger partial charge in [0.25, 0.3) is 0 Å². The Balaban J connectivity index is 1.92. The zero-order chi connectivity index (χ0) is 14.8. The van der Waals surface area contributed by atoms with Crippen molar-refractivity contribution in [2.45, 2.75) is 37.8 Å². The number of nitrogens with two attached hydrogens (primary N) is 1. The Hall–Kier alpha value is -1.88. The van der Waals surface area contributed by atoms with Crippen molar-refractivity contribution in [2.24, 2.45) is 5.73 Å². The van der Waals surface area contributed by atoms with Gasteiger partial charge in [-0.1, -0.05) is 12.1 Å². The Morgan fingerprint density at radius 2 is 1.81 bits per heavy atom. The van der Waals surface area contributed by atoms with E-state index in [2.05, 4.69) is 21.4 Å². The van der Waals surface area contributed by atoms with Crippen LogP contribution in [0.5, 0.6) is 0 Å². The molecule has 5 nitrogen and oxygen atoms in total. The minimum Gasteiger partial charge on any atom is -0.367 e. The van der Waals surface area contributed by atoms with Gasteiger partial charge in [0.15, 0.2) is 0 Å². The number of anilines is 2. The summed E-state index contributed by atoms with van der Waals surface area (Å²) in [6.45, 7) is 0. The highest BCUT2D eigenvalue weighted by Gasteiger charge is 2.20. The Bertz CT molecular complexity index is 617. The second kappa shape index (κ2) is 5.85. The first kappa shape index (κ1) is 14.1. The number of aromatic nitrogens is 2. The zero-order valence-electron chi connectivity index (χ0n) is 12.7. The molecule has 2 aromatic rings. The number of para-hydroxylation sites is 1. The maximum absolute atomic E-state index is 5.98. The lowest BCUT2D eigenvalue weighted by molar-refractivity contribution is 0.410. The van der Waals surface area contributed by atoms with Crippen molar-refractivity contribution < 1.29 is 0 Å². The number of hydrogen-bond donors (Lipinski definition) is 2. The van der Waals surface area contributed by atoms with Crippen LogP contribution < -0.4 is 16.0 Å². The summed E-state index contributed by atoms with van der Waals surface area (Å²) >= 11 is 0. The summed E-state index contributed by atoms with van der Waals surface area (Å²) in [7, 11) is 3.93. The highest BCUT2D eigenvalue weighted by molar-refractivity contribution is 5.90. The van der Waals surface area contributed by atoms with Gasteiger partial charge in [-0.25, -0.2) is 4.98 Å². The van der Waals surface area contributed by atoms with Crippen molar-refractivity contribution in [1.82, 2.24) is 9.97 Å². The van der Waals surface area contributed by atoms with E-state index in [4.69, 9.17) is 5.73 Å². The summed E-state index contributed by atoms with van der Waals surface area (Å²) in [5, 5.41) is 4.69. The first-order chi connectivity index (χ1) is 10.1. The first-order valence-electron chi connectivity index (χ1n) is 7.59. The zero-order valence-corrected chi connectivity index (χ0v) is 12.7. The Kier molecular flexibility index (Phi) is 3.92. The number of fused-ring (bicyclic) bond motifs is 1. The molecule has 1 heterocycles. The molecular formula is C16H23N5. The topological polar surface area (TPSA) is 67.1 Å². The van der Waals surface area contributed by atoms with Crippen LogP contribution in [0.15, 0.2) is 24.3 Å². The van der Waals surface area contributed by atoms with Crippen LogP contribution in [-0.4, -0.2) is 36.1 Å². The maximum atomic E-state index is 5.98. The molecule has 1 saturated carbocycles. The van der Waals surface area contributed by atoms with Gasteiger partial charge in [-0.05, 0) is 37.8 Å². The molecule has 0 amide bonds. The lowest BCUT2D eigenvalue weighted by atomic mass is 9.92. The molecule has 0 atom stereocenters. The van der Waals surface area contributed by atoms with Crippen LogP contribution in [0, 0.1) is 0 Å². The molecule has 0 bridgehead atoms. The van der Waals surface area contributed by atoms with E-state index in [9.17, 15) is 0 Å². The van der Waals surface area contributed by atoms with E-state index < -0.39 is 0 Å². The van der Waals surface area contributed by atoms with Crippen LogP contribution in [0.25, 0.3) is 10.9 Å². The largest absolute Gasteiger partial charge is 0.367 e. The van der Waals surface area contributed by atoms with E-state index in [1.807, 2.05) is 37.2 Å². The van der Waals surface area contributed by atoms with Crippen molar-refractivity contribution >= 4 is 22.7 Å². The van der Waals surface area contributed by atoms with Crippen LogP contribution in [-0.2, 0) is 0 Å². The fourth-order valence-corrected chi connectivity index (χ4v) is 2.83.